The maximum absolute atomic E-state index is 12.7. The van der Waals surface area contributed by atoms with Crippen LogP contribution in [0.3, 0.4) is 0 Å². The first kappa shape index (κ1) is 23.7. The van der Waals surface area contributed by atoms with Crippen molar-refractivity contribution in [2.75, 3.05) is 19.6 Å². The summed E-state index contributed by atoms with van der Waals surface area (Å²) in [5, 5.41) is 2.87. The monoisotopic (exact) mass is 481 g/mol. The number of amides is 2. The van der Waals surface area contributed by atoms with Gasteiger partial charge >= 0.3 is 0 Å². The molecule has 0 radical (unpaired) electrons. The fourth-order valence-electron chi connectivity index (χ4n) is 3.86. The topological polar surface area (TPSA) is 110 Å². The van der Waals surface area contributed by atoms with Crippen LogP contribution in [0.1, 0.15) is 41.1 Å². The molecular formula is C25H27N3O5S. The first-order valence-corrected chi connectivity index (χ1v) is 12.9. The zero-order chi connectivity index (χ0) is 24.1. The average Bonchev–Trinajstić information content (AvgIpc) is 3.41. The molecule has 0 bridgehead atoms. The average molecular weight is 482 g/mol. The zero-order valence-electron chi connectivity index (χ0n) is 19.0. The van der Waals surface area contributed by atoms with Crippen molar-refractivity contribution in [3.05, 3.63) is 71.6 Å². The van der Waals surface area contributed by atoms with Gasteiger partial charge in [-0.2, -0.15) is 0 Å². The summed E-state index contributed by atoms with van der Waals surface area (Å²) in [7, 11) is -3.54. The first-order chi connectivity index (χ1) is 16.3. The van der Waals surface area contributed by atoms with Crippen LogP contribution in [0, 0.1) is 6.92 Å². The zero-order valence-corrected chi connectivity index (χ0v) is 19.8. The lowest BCUT2D eigenvalue weighted by Gasteiger charge is -2.15. The van der Waals surface area contributed by atoms with Crippen molar-refractivity contribution in [2.24, 2.45) is 0 Å². The molecule has 8 nitrogen and oxygen atoms in total. The molecule has 2 heterocycles. The smallest absolute Gasteiger partial charge is 0.251 e. The van der Waals surface area contributed by atoms with Crippen molar-refractivity contribution in [2.45, 2.75) is 36.8 Å². The van der Waals surface area contributed by atoms with Gasteiger partial charge in [-0.25, -0.2) is 13.4 Å². The highest BCUT2D eigenvalue weighted by Gasteiger charge is 2.21. The van der Waals surface area contributed by atoms with Crippen molar-refractivity contribution in [3.63, 3.8) is 0 Å². The maximum Gasteiger partial charge on any atom is 0.251 e. The number of nitrogens with one attached hydrogen (secondary N) is 1. The van der Waals surface area contributed by atoms with E-state index in [2.05, 4.69) is 10.3 Å². The first-order valence-electron chi connectivity index (χ1n) is 11.2. The Bertz CT molecular complexity index is 1270. The standard InChI is InChI=1S/C25H27N3O5S/c1-18-22(17-34(31,32)21-7-3-2-4-8-21)27-25(33-18)20-12-10-19(11-13-20)24(30)26-14-6-16-28-15-5-9-23(28)29/h2-4,7-8,10-13H,5-6,9,14-17H2,1H3,(H,26,30). The lowest BCUT2D eigenvalue weighted by Crippen LogP contribution is -2.30. The molecule has 0 spiro atoms. The Morgan fingerprint density at radius 1 is 1.12 bits per heavy atom. The minimum atomic E-state index is -3.54. The summed E-state index contributed by atoms with van der Waals surface area (Å²) in [6.07, 6.45) is 2.23. The molecule has 0 unspecified atom stereocenters. The highest BCUT2D eigenvalue weighted by molar-refractivity contribution is 7.90. The fourth-order valence-corrected chi connectivity index (χ4v) is 5.22. The lowest BCUT2D eigenvalue weighted by atomic mass is 10.1. The normalized spacial score (nSPS) is 13.9. The number of oxazole rings is 1. The molecular weight excluding hydrogens is 454 g/mol. The van der Waals surface area contributed by atoms with E-state index in [0.29, 0.717) is 54.4 Å². The highest BCUT2D eigenvalue weighted by Crippen LogP contribution is 2.25. The van der Waals surface area contributed by atoms with Crippen LogP contribution in [-0.4, -0.2) is 49.8 Å². The number of likely N-dealkylation sites (tertiary alicyclic amines) is 1. The van der Waals surface area contributed by atoms with Gasteiger partial charge in [-0.15, -0.1) is 0 Å². The van der Waals surface area contributed by atoms with Gasteiger partial charge in [0.25, 0.3) is 5.91 Å². The predicted octanol–water partition coefficient (Wildman–Crippen LogP) is 3.37. The van der Waals surface area contributed by atoms with Gasteiger partial charge in [0.15, 0.2) is 9.84 Å². The van der Waals surface area contributed by atoms with Crippen LogP contribution < -0.4 is 5.32 Å². The largest absolute Gasteiger partial charge is 0.441 e. The van der Waals surface area contributed by atoms with Gasteiger partial charge in [0.2, 0.25) is 11.8 Å². The van der Waals surface area contributed by atoms with E-state index in [1.165, 1.54) is 0 Å². The van der Waals surface area contributed by atoms with Gasteiger partial charge in [0, 0.05) is 37.2 Å². The van der Waals surface area contributed by atoms with Crippen LogP contribution in [0.5, 0.6) is 0 Å². The van der Waals surface area contributed by atoms with Gasteiger partial charge in [-0.1, -0.05) is 18.2 Å². The van der Waals surface area contributed by atoms with Gasteiger partial charge < -0.3 is 14.6 Å². The second-order valence-electron chi connectivity index (χ2n) is 8.27. The molecule has 1 saturated heterocycles. The summed E-state index contributed by atoms with van der Waals surface area (Å²) in [6, 6.07) is 15.0. The Labute approximate surface area is 198 Å². The van der Waals surface area contributed by atoms with Gasteiger partial charge in [-0.3, -0.25) is 9.59 Å². The third-order valence-electron chi connectivity index (χ3n) is 5.78. The third kappa shape index (κ3) is 5.53. The van der Waals surface area contributed by atoms with E-state index < -0.39 is 9.84 Å². The lowest BCUT2D eigenvalue weighted by molar-refractivity contribution is -0.127. The number of rotatable bonds is 9. The van der Waals surface area contributed by atoms with Gasteiger partial charge in [0.1, 0.15) is 11.5 Å². The molecule has 1 aliphatic rings. The Hall–Kier alpha value is -3.46. The number of benzene rings is 2. The number of hydrogen-bond donors (Lipinski definition) is 1. The molecule has 1 fully saturated rings. The summed E-state index contributed by atoms with van der Waals surface area (Å²) < 4.78 is 31.1. The van der Waals surface area contributed by atoms with Crippen LogP contribution >= 0.6 is 0 Å². The number of sulfone groups is 1. The molecule has 2 aromatic carbocycles. The Kier molecular flexibility index (Phi) is 7.12. The second kappa shape index (κ2) is 10.2. The summed E-state index contributed by atoms with van der Waals surface area (Å²) >= 11 is 0. The van der Waals surface area contributed by atoms with Crippen LogP contribution in [0.25, 0.3) is 11.5 Å². The Balaban J connectivity index is 1.35. The van der Waals surface area contributed by atoms with Crippen molar-refractivity contribution in [3.8, 4) is 11.5 Å². The van der Waals surface area contributed by atoms with Crippen molar-refractivity contribution >= 4 is 21.7 Å². The molecule has 0 aliphatic carbocycles. The predicted molar refractivity (Wildman–Crippen MR) is 127 cm³/mol. The van der Waals surface area contributed by atoms with Gasteiger partial charge in [0.05, 0.1) is 10.6 Å². The third-order valence-corrected chi connectivity index (χ3v) is 7.42. The van der Waals surface area contributed by atoms with E-state index in [9.17, 15) is 18.0 Å². The summed E-state index contributed by atoms with van der Waals surface area (Å²) in [4.78, 5) is 30.5. The van der Waals surface area contributed by atoms with Crippen LogP contribution in [-0.2, 0) is 20.4 Å². The number of hydrogen-bond acceptors (Lipinski definition) is 6. The van der Waals surface area contributed by atoms with E-state index in [4.69, 9.17) is 4.42 Å². The number of carbonyl (C=O) groups excluding carboxylic acids is 2. The Morgan fingerprint density at radius 2 is 1.85 bits per heavy atom. The SMILES string of the molecule is Cc1oc(-c2ccc(C(=O)NCCCN3CCCC3=O)cc2)nc1CS(=O)(=O)c1ccccc1. The van der Waals surface area contributed by atoms with Gasteiger partial charge in [-0.05, 0) is 56.2 Å². The van der Waals surface area contributed by atoms with Crippen LogP contribution in [0.15, 0.2) is 63.9 Å². The summed E-state index contributed by atoms with van der Waals surface area (Å²) in [5.74, 6) is 0.475. The molecule has 1 aromatic heterocycles. The van der Waals surface area contributed by atoms with E-state index in [1.54, 1.807) is 61.5 Å². The molecule has 0 saturated carbocycles. The fraction of sp³-hybridized carbons (Fsp3) is 0.320. The molecule has 3 aromatic rings. The molecule has 34 heavy (non-hydrogen) atoms. The minimum Gasteiger partial charge on any atom is -0.441 e. The molecule has 178 valence electrons. The second-order valence-corrected chi connectivity index (χ2v) is 10.3. The van der Waals surface area contributed by atoms with Crippen molar-refractivity contribution < 1.29 is 22.4 Å². The minimum absolute atomic E-state index is 0.185. The van der Waals surface area contributed by atoms with Crippen molar-refractivity contribution in [1.29, 1.82) is 0 Å². The Morgan fingerprint density at radius 3 is 2.53 bits per heavy atom. The molecule has 1 aliphatic heterocycles. The summed E-state index contributed by atoms with van der Waals surface area (Å²) in [5.41, 5.74) is 1.50. The van der Waals surface area contributed by atoms with Crippen LogP contribution in [0.2, 0.25) is 0 Å². The van der Waals surface area contributed by atoms with Crippen molar-refractivity contribution in [1.82, 2.24) is 15.2 Å². The van der Waals surface area contributed by atoms with E-state index >= 15 is 0 Å². The number of aryl methyl sites for hydroxylation is 1. The quantitative estimate of drug-likeness (QED) is 0.469. The van der Waals surface area contributed by atoms with Crippen LogP contribution in [0.4, 0.5) is 0 Å². The number of nitrogens with zero attached hydrogens (tertiary/aromatic N) is 2. The number of aromatic nitrogens is 1. The molecule has 9 heteroatoms. The number of carbonyl (C=O) groups is 2. The van der Waals surface area contributed by atoms with E-state index in [0.717, 1.165) is 13.0 Å². The molecule has 0 atom stereocenters. The highest BCUT2D eigenvalue weighted by atomic mass is 32.2. The van der Waals surface area contributed by atoms with E-state index in [1.807, 2.05) is 4.90 Å². The molecule has 4 rings (SSSR count). The maximum atomic E-state index is 12.7. The summed E-state index contributed by atoms with van der Waals surface area (Å²) in [6.45, 7) is 3.63. The van der Waals surface area contributed by atoms with E-state index in [-0.39, 0.29) is 22.5 Å². The molecule has 1 N–H and O–H groups in total. The molecule has 2 amide bonds.